The molecule has 1 aliphatic rings. The molecule has 1 amide bonds. The highest BCUT2D eigenvalue weighted by Crippen LogP contribution is 2.48. The van der Waals surface area contributed by atoms with Crippen LogP contribution >= 0.6 is 0 Å². The minimum atomic E-state index is -0.266. The normalized spacial score (nSPS) is 15.1. The quantitative estimate of drug-likeness (QED) is 0.495. The van der Waals surface area contributed by atoms with E-state index < -0.39 is 0 Å². The van der Waals surface area contributed by atoms with Crippen LogP contribution in [0.25, 0.3) is 21.7 Å². The van der Waals surface area contributed by atoms with Gasteiger partial charge in [0.05, 0.1) is 5.54 Å². The molecule has 1 fully saturated rings. The van der Waals surface area contributed by atoms with Crippen LogP contribution in [0.4, 0.5) is 0 Å². The van der Waals surface area contributed by atoms with E-state index in [-0.39, 0.29) is 11.4 Å². The van der Waals surface area contributed by atoms with Gasteiger partial charge >= 0.3 is 0 Å². The molecule has 3 aromatic carbocycles. The Bertz CT molecular complexity index is 1210. The molecule has 0 aliphatic heterocycles. The highest BCUT2D eigenvalue weighted by molar-refractivity contribution is 6.00. The number of aromatic amines is 1. The molecule has 4 N–H and O–H groups in total. The Morgan fingerprint density at radius 3 is 2.64 bits per heavy atom. The van der Waals surface area contributed by atoms with Crippen molar-refractivity contribution in [2.75, 3.05) is 0 Å². The summed E-state index contributed by atoms with van der Waals surface area (Å²) >= 11 is 0. The summed E-state index contributed by atoms with van der Waals surface area (Å²) in [4.78, 5) is 16.5. The van der Waals surface area contributed by atoms with Crippen LogP contribution in [0.2, 0.25) is 0 Å². The maximum absolute atomic E-state index is 13.2. The largest absolute Gasteiger partial charge is 0.357 e. The molecule has 1 saturated carbocycles. The Kier molecular flexibility index (Phi) is 3.78. The van der Waals surface area contributed by atoms with E-state index >= 15 is 0 Å². The van der Waals surface area contributed by atoms with Gasteiger partial charge in [-0.2, -0.15) is 0 Å². The van der Waals surface area contributed by atoms with Crippen LogP contribution in [0, 0.1) is 6.92 Å². The van der Waals surface area contributed by atoms with E-state index in [1.807, 2.05) is 19.1 Å². The molecule has 0 saturated heterocycles. The van der Waals surface area contributed by atoms with Crippen molar-refractivity contribution in [2.45, 2.75) is 31.8 Å². The van der Waals surface area contributed by atoms with E-state index in [4.69, 9.17) is 5.73 Å². The van der Waals surface area contributed by atoms with Crippen molar-refractivity contribution >= 4 is 27.6 Å². The minimum absolute atomic E-state index is 0.0197. The topological polar surface area (TPSA) is 70.9 Å². The standard InChI is InChI=1S/C24H23N3O/c1-15-11-17-12-18(14-25)26-22(17)13-20(15)23(28)27-24(9-10-24)21-8-4-6-16-5-2-3-7-19(16)21/h2-8,11-13,26H,9-10,14,25H2,1H3,(H,27,28). The molecule has 0 unspecified atom stereocenters. The first-order valence-electron chi connectivity index (χ1n) is 9.73. The van der Waals surface area contributed by atoms with Crippen LogP contribution in [-0.4, -0.2) is 10.9 Å². The Balaban J connectivity index is 1.51. The monoisotopic (exact) mass is 369 g/mol. The number of H-pyrrole nitrogens is 1. The summed E-state index contributed by atoms with van der Waals surface area (Å²) in [7, 11) is 0. The number of carbonyl (C=O) groups excluding carboxylic acids is 1. The molecule has 4 aromatic rings. The van der Waals surface area contributed by atoms with Gasteiger partial charge in [-0.15, -0.1) is 0 Å². The molecule has 0 radical (unpaired) electrons. The minimum Gasteiger partial charge on any atom is -0.357 e. The van der Waals surface area contributed by atoms with Crippen LogP contribution in [0.5, 0.6) is 0 Å². The van der Waals surface area contributed by atoms with E-state index in [0.29, 0.717) is 12.1 Å². The summed E-state index contributed by atoms with van der Waals surface area (Å²) in [5.41, 5.74) is 10.3. The predicted octanol–water partition coefficient (Wildman–Crippen LogP) is 4.51. The Morgan fingerprint density at radius 2 is 1.86 bits per heavy atom. The van der Waals surface area contributed by atoms with Crippen LogP contribution in [0.15, 0.2) is 60.7 Å². The van der Waals surface area contributed by atoms with Gasteiger partial charge in [0.2, 0.25) is 0 Å². The van der Waals surface area contributed by atoms with Gasteiger partial charge in [-0.1, -0.05) is 42.5 Å². The van der Waals surface area contributed by atoms with Crippen molar-refractivity contribution in [1.82, 2.24) is 10.3 Å². The number of nitrogens with one attached hydrogen (secondary N) is 2. The van der Waals surface area contributed by atoms with Gasteiger partial charge in [0.15, 0.2) is 0 Å². The maximum atomic E-state index is 13.2. The van der Waals surface area contributed by atoms with Crippen molar-refractivity contribution in [3.8, 4) is 0 Å². The molecule has 0 bridgehead atoms. The first-order chi connectivity index (χ1) is 13.6. The molecule has 4 nitrogen and oxygen atoms in total. The SMILES string of the molecule is Cc1cc2cc(CN)[nH]c2cc1C(=O)NC1(c2cccc3ccccc23)CC1. The lowest BCUT2D eigenvalue weighted by molar-refractivity contribution is 0.0930. The van der Waals surface area contributed by atoms with Gasteiger partial charge < -0.3 is 16.0 Å². The van der Waals surface area contributed by atoms with Crippen LogP contribution in [0.3, 0.4) is 0 Å². The Hall–Kier alpha value is -3.11. The van der Waals surface area contributed by atoms with Crippen LogP contribution in [0.1, 0.15) is 40.0 Å². The number of nitrogens with two attached hydrogens (primary N) is 1. The fraction of sp³-hybridized carbons (Fsp3) is 0.208. The fourth-order valence-electron chi connectivity index (χ4n) is 4.22. The fourth-order valence-corrected chi connectivity index (χ4v) is 4.22. The zero-order valence-corrected chi connectivity index (χ0v) is 15.9. The highest BCUT2D eigenvalue weighted by Gasteiger charge is 2.46. The smallest absolute Gasteiger partial charge is 0.252 e. The third-order valence-electron chi connectivity index (χ3n) is 5.89. The maximum Gasteiger partial charge on any atom is 0.252 e. The zero-order chi connectivity index (χ0) is 19.3. The van der Waals surface area contributed by atoms with E-state index in [9.17, 15) is 4.79 Å². The summed E-state index contributed by atoms with van der Waals surface area (Å²) in [6.07, 6.45) is 1.93. The molecule has 140 valence electrons. The van der Waals surface area contributed by atoms with Crippen molar-refractivity contribution in [1.29, 1.82) is 0 Å². The second-order valence-electron chi connectivity index (χ2n) is 7.82. The highest BCUT2D eigenvalue weighted by atomic mass is 16.1. The average molecular weight is 369 g/mol. The summed E-state index contributed by atoms with van der Waals surface area (Å²) in [6, 6.07) is 20.7. The second-order valence-corrected chi connectivity index (χ2v) is 7.82. The molecular formula is C24H23N3O. The van der Waals surface area contributed by atoms with Gasteiger partial charge in [0, 0.05) is 23.3 Å². The number of hydrogen-bond donors (Lipinski definition) is 3. The number of fused-ring (bicyclic) bond motifs is 2. The van der Waals surface area contributed by atoms with Crippen molar-refractivity contribution in [3.05, 3.63) is 83.0 Å². The van der Waals surface area contributed by atoms with E-state index in [1.54, 1.807) is 0 Å². The first-order valence-corrected chi connectivity index (χ1v) is 9.73. The number of rotatable bonds is 4. The predicted molar refractivity (Wildman–Crippen MR) is 113 cm³/mol. The molecule has 4 heteroatoms. The molecule has 0 atom stereocenters. The molecule has 1 aromatic heterocycles. The van der Waals surface area contributed by atoms with E-state index in [1.165, 1.54) is 16.3 Å². The van der Waals surface area contributed by atoms with Gasteiger partial charge in [0.1, 0.15) is 0 Å². The van der Waals surface area contributed by atoms with E-state index in [2.05, 4.69) is 58.8 Å². The number of aromatic nitrogens is 1. The van der Waals surface area contributed by atoms with Gasteiger partial charge in [-0.3, -0.25) is 4.79 Å². The van der Waals surface area contributed by atoms with Crippen LogP contribution in [-0.2, 0) is 12.1 Å². The van der Waals surface area contributed by atoms with Gasteiger partial charge in [-0.05, 0) is 65.3 Å². The van der Waals surface area contributed by atoms with Crippen molar-refractivity contribution in [3.63, 3.8) is 0 Å². The molecule has 28 heavy (non-hydrogen) atoms. The summed E-state index contributed by atoms with van der Waals surface area (Å²) in [5, 5.41) is 6.85. The Morgan fingerprint density at radius 1 is 1.07 bits per heavy atom. The summed E-state index contributed by atoms with van der Waals surface area (Å²) < 4.78 is 0. The zero-order valence-electron chi connectivity index (χ0n) is 15.9. The van der Waals surface area contributed by atoms with Crippen molar-refractivity contribution < 1.29 is 4.79 Å². The first kappa shape index (κ1) is 17.0. The lowest BCUT2D eigenvalue weighted by atomic mass is 9.96. The summed E-state index contributed by atoms with van der Waals surface area (Å²) in [5.74, 6) is -0.0197. The van der Waals surface area contributed by atoms with Crippen LogP contribution < -0.4 is 11.1 Å². The number of benzene rings is 3. The molecule has 0 spiro atoms. The molecule has 1 aliphatic carbocycles. The third-order valence-corrected chi connectivity index (χ3v) is 5.89. The average Bonchev–Trinajstić information content (AvgIpc) is 3.37. The van der Waals surface area contributed by atoms with Gasteiger partial charge in [-0.25, -0.2) is 0 Å². The molecular weight excluding hydrogens is 346 g/mol. The molecule has 5 rings (SSSR count). The van der Waals surface area contributed by atoms with E-state index in [0.717, 1.165) is 35.0 Å². The number of carbonyl (C=O) groups is 1. The van der Waals surface area contributed by atoms with Crippen molar-refractivity contribution in [2.24, 2.45) is 5.73 Å². The number of hydrogen-bond acceptors (Lipinski definition) is 2. The molecule has 1 heterocycles. The Labute approximate surface area is 163 Å². The number of amides is 1. The summed E-state index contributed by atoms with van der Waals surface area (Å²) in [6.45, 7) is 2.44. The third kappa shape index (κ3) is 2.69. The van der Waals surface area contributed by atoms with Gasteiger partial charge in [0.25, 0.3) is 5.91 Å². The lowest BCUT2D eigenvalue weighted by Crippen LogP contribution is -2.35. The number of aryl methyl sites for hydroxylation is 1. The second kappa shape index (κ2) is 6.21. The lowest BCUT2D eigenvalue weighted by Gasteiger charge is -2.21.